The van der Waals surface area contributed by atoms with Crippen LogP contribution in [0.25, 0.3) is 0 Å². The van der Waals surface area contributed by atoms with Crippen LogP contribution in [0.2, 0.25) is 0 Å². The van der Waals surface area contributed by atoms with Crippen LogP contribution < -0.4 is 9.73 Å². The quantitative estimate of drug-likeness (QED) is 0.447. The van der Waals surface area contributed by atoms with Crippen molar-refractivity contribution in [3.63, 3.8) is 0 Å². The van der Waals surface area contributed by atoms with Crippen LogP contribution in [0.15, 0.2) is 58.5 Å². The number of thioether (sulfide) groups is 1. The lowest BCUT2D eigenvalue weighted by molar-refractivity contribution is -0.119. The van der Waals surface area contributed by atoms with Gasteiger partial charge in [-0.05, 0) is 43.0 Å². The molecule has 6 nitrogen and oxygen atoms in total. The zero-order valence-electron chi connectivity index (χ0n) is 14.8. The Morgan fingerprint density at radius 1 is 1.15 bits per heavy atom. The smallest absolute Gasteiger partial charge is 0.260 e. The van der Waals surface area contributed by atoms with Crippen molar-refractivity contribution in [2.24, 2.45) is 5.10 Å². The number of sulfonamides is 1. The number of hydrogen-bond acceptors (Lipinski definition) is 5. The van der Waals surface area contributed by atoms with E-state index in [1.165, 1.54) is 6.21 Å². The molecule has 2 aromatic carbocycles. The number of hydrogen-bond donors (Lipinski definition) is 1. The molecule has 2 rings (SSSR count). The Balaban J connectivity index is 2.02. The summed E-state index contributed by atoms with van der Waals surface area (Å²) in [6.07, 6.45) is 4.57. The van der Waals surface area contributed by atoms with Crippen molar-refractivity contribution in [3.05, 3.63) is 59.7 Å². The first kappa shape index (κ1) is 20.0. The number of carbonyl (C=O) groups is 1. The molecule has 0 unspecified atom stereocenters. The molecule has 0 aliphatic rings. The molecular weight excluding hydrogens is 370 g/mol. The van der Waals surface area contributed by atoms with Gasteiger partial charge in [-0.3, -0.25) is 9.10 Å². The third kappa shape index (κ3) is 5.89. The van der Waals surface area contributed by atoms with Crippen molar-refractivity contribution in [1.82, 2.24) is 5.43 Å². The predicted molar refractivity (Wildman–Crippen MR) is 107 cm³/mol. The summed E-state index contributed by atoms with van der Waals surface area (Å²) in [7, 11) is -3.59. The minimum Gasteiger partial charge on any atom is -0.271 e. The minimum atomic E-state index is -3.59. The third-order valence-corrected chi connectivity index (χ3v) is 5.41. The van der Waals surface area contributed by atoms with E-state index in [4.69, 9.17) is 0 Å². The van der Waals surface area contributed by atoms with Gasteiger partial charge in [0.15, 0.2) is 0 Å². The SMILES string of the molecule is CSc1ccc(C=NNC(=O)CN(c2ccc(C)cc2)S(C)(=O)=O)cc1. The highest BCUT2D eigenvalue weighted by Gasteiger charge is 2.20. The second-order valence-electron chi connectivity index (χ2n) is 5.67. The van der Waals surface area contributed by atoms with Crippen molar-refractivity contribution in [3.8, 4) is 0 Å². The summed E-state index contributed by atoms with van der Waals surface area (Å²) >= 11 is 1.64. The largest absolute Gasteiger partial charge is 0.271 e. The van der Waals surface area contributed by atoms with Crippen LogP contribution in [0.1, 0.15) is 11.1 Å². The standard InChI is InChI=1S/C18H21N3O3S2/c1-14-4-8-16(9-5-14)21(26(3,23)24)13-18(22)20-19-12-15-6-10-17(25-2)11-7-15/h4-12H,13H2,1-3H3,(H,20,22). The molecule has 0 atom stereocenters. The molecule has 138 valence electrons. The highest BCUT2D eigenvalue weighted by Crippen LogP contribution is 2.18. The summed E-state index contributed by atoms with van der Waals surface area (Å²) in [6, 6.07) is 14.6. The van der Waals surface area contributed by atoms with E-state index in [1.807, 2.05) is 37.4 Å². The second-order valence-corrected chi connectivity index (χ2v) is 8.46. The van der Waals surface area contributed by atoms with Gasteiger partial charge in [0.2, 0.25) is 10.0 Å². The van der Waals surface area contributed by atoms with Crippen molar-refractivity contribution in [1.29, 1.82) is 0 Å². The average Bonchev–Trinajstić information content (AvgIpc) is 2.60. The van der Waals surface area contributed by atoms with Crippen LogP contribution in [0.3, 0.4) is 0 Å². The van der Waals surface area contributed by atoms with Crippen LogP contribution in [0.4, 0.5) is 5.69 Å². The fourth-order valence-electron chi connectivity index (χ4n) is 2.15. The van der Waals surface area contributed by atoms with Crippen molar-refractivity contribution >= 4 is 39.6 Å². The molecule has 0 spiro atoms. The number of hydrazone groups is 1. The van der Waals surface area contributed by atoms with Crippen LogP contribution >= 0.6 is 11.8 Å². The lowest BCUT2D eigenvalue weighted by Gasteiger charge is -2.21. The number of nitrogens with zero attached hydrogens (tertiary/aromatic N) is 2. The highest BCUT2D eigenvalue weighted by atomic mass is 32.2. The molecular formula is C18H21N3O3S2. The maximum atomic E-state index is 12.1. The Hall–Kier alpha value is -2.32. The summed E-state index contributed by atoms with van der Waals surface area (Å²) in [5, 5.41) is 3.89. The predicted octanol–water partition coefficient (Wildman–Crippen LogP) is 2.63. The molecule has 0 aliphatic carbocycles. The van der Waals surface area contributed by atoms with Crippen molar-refractivity contribution in [2.75, 3.05) is 23.4 Å². The second kappa shape index (κ2) is 8.86. The first-order valence-electron chi connectivity index (χ1n) is 7.80. The van der Waals surface area contributed by atoms with Gasteiger partial charge < -0.3 is 0 Å². The fraction of sp³-hybridized carbons (Fsp3) is 0.222. The maximum absolute atomic E-state index is 12.1. The molecule has 0 saturated carbocycles. The zero-order valence-corrected chi connectivity index (χ0v) is 16.5. The third-order valence-electron chi connectivity index (χ3n) is 3.53. The molecule has 26 heavy (non-hydrogen) atoms. The number of amides is 1. The van der Waals surface area contributed by atoms with Crippen molar-refractivity contribution in [2.45, 2.75) is 11.8 Å². The summed E-state index contributed by atoms with van der Waals surface area (Å²) < 4.78 is 25.1. The topological polar surface area (TPSA) is 78.8 Å². The normalized spacial score (nSPS) is 11.5. The van der Waals surface area contributed by atoms with E-state index in [0.717, 1.165) is 26.6 Å². The summed E-state index contributed by atoms with van der Waals surface area (Å²) in [5.74, 6) is -0.520. The molecule has 0 fully saturated rings. The molecule has 0 aliphatic heterocycles. The summed E-state index contributed by atoms with van der Waals surface area (Å²) in [6.45, 7) is 1.56. The van der Waals surface area contributed by atoms with Gasteiger partial charge in [-0.2, -0.15) is 5.10 Å². The lowest BCUT2D eigenvalue weighted by atomic mass is 10.2. The minimum absolute atomic E-state index is 0.343. The van der Waals surface area contributed by atoms with E-state index in [1.54, 1.807) is 36.0 Å². The summed E-state index contributed by atoms with van der Waals surface area (Å²) in [5.41, 5.74) is 4.64. The Bertz CT molecular complexity index is 877. The van der Waals surface area contributed by atoms with E-state index < -0.39 is 15.9 Å². The number of nitrogens with one attached hydrogen (secondary N) is 1. The van der Waals surface area contributed by atoms with Gasteiger partial charge in [-0.15, -0.1) is 11.8 Å². The molecule has 0 saturated heterocycles. The Morgan fingerprint density at radius 3 is 2.31 bits per heavy atom. The van der Waals surface area contributed by atoms with Gasteiger partial charge in [0, 0.05) is 4.90 Å². The Kier molecular flexibility index (Phi) is 6.82. The monoisotopic (exact) mass is 391 g/mol. The number of anilines is 1. The molecule has 8 heteroatoms. The van der Waals surface area contributed by atoms with Gasteiger partial charge in [0.05, 0.1) is 18.2 Å². The van der Waals surface area contributed by atoms with Gasteiger partial charge >= 0.3 is 0 Å². The van der Waals surface area contributed by atoms with E-state index in [2.05, 4.69) is 10.5 Å². The molecule has 0 radical (unpaired) electrons. The number of carbonyl (C=O) groups excluding carboxylic acids is 1. The molecule has 1 amide bonds. The number of rotatable bonds is 7. The lowest BCUT2D eigenvalue weighted by Crippen LogP contribution is -2.39. The van der Waals surface area contributed by atoms with Gasteiger partial charge in [-0.25, -0.2) is 13.8 Å². The maximum Gasteiger partial charge on any atom is 0.260 e. The number of aryl methyl sites for hydroxylation is 1. The van der Waals surface area contributed by atoms with Crippen LogP contribution in [-0.2, 0) is 14.8 Å². The van der Waals surface area contributed by atoms with E-state index in [0.29, 0.717) is 5.69 Å². The van der Waals surface area contributed by atoms with Crippen LogP contribution in [-0.4, -0.2) is 39.6 Å². The van der Waals surface area contributed by atoms with E-state index >= 15 is 0 Å². The van der Waals surface area contributed by atoms with Gasteiger partial charge in [0.25, 0.3) is 5.91 Å². The van der Waals surface area contributed by atoms with Crippen LogP contribution in [0.5, 0.6) is 0 Å². The van der Waals surface area contributed by atoms with E-state index in [9.17, 15) is 13.2 Å². The van der Waals surface area contributed by atoms with Crippen LogP contribution in [0, 0.1) is 6.92 Å². The van der Waals surface area contributed by atoms with Crippen molar-refractivity contribution < 1.29 is 13.2 Å². The molecule has 2 aromatic rings. The Labute approximate surface area is 158 Å². The molecule has 0 heterocycles. The average molecular weight is 392 g/mol. The highest BCUT2D eigenvalue weighted by molar-refractivity contribution is 7.98. The fourth-order valence-corrected chi connectivity index (χ4v) is 3.41. The zero-order chi connectivity index (χ0) is 19.2. The van der Waals surface area contributed by atoms with Gasteiger partial charge in [-0.1, -0.05) is 29.8 Å². The van der Waals surface area contributed by atoms with Gasteiger partial charge in [0.1, 0.15) is 6.54 Å². The first-order valence-corrected chi connectivity index (χ1v) is 10.9. The Morgan fingerprint density at radius 2 is 1.77 bits per heavy atom. The molecule has 0 aromatic heterocycles. The van der Waals surface area contributed by atoms with E-state index in [-0.39, 0.29) is 6.54 Å². The number of benzene rings is 2. The molecule has 1 N–H and O–H groups in total. The summed E-state index contributed by atoms with van der Waals surface area (Å²) in [4.78, 5) is 13.2. The first-order chi connectivity index (χ1) is 12.3. The molecule has 0 bridgehead atoms.